The molecule has 3 aromatic rings. The standard InChI is InChI=1S/C25H28BrN3O3S2/c1-4-7-16-28(17-8-5-2)34(31,32)21-12-9-19(10-13-21)24(30)27-25-29(15-6-3)22-14-11-20(26)18-23(22)33-25/h3,9-14,18H,4-5,7-8,15-17H2,1-2H3. The molecule has 0 N–H and O–H groups in total. The van der Waals surface area contributed by atoms with Gasteiger partial charge in [-0.05, 0) is 55.3 Å². The van der Waals surface area contributed by atoms with Crippen molar-refractivity contribution in [2.24, 2.45) is 4.99 Å². The van der Waals surface area contributed by atoms with Crippen molar-refractivity contribution in [2.45, 2.75) is 51.0 Å². The molecule has 1 heterocycles. The SMILES string of the molecule is C#CCn1c(=NC(=O)c2ccc(S(=O)(=O)N(CCCC)CCCC)cc2)sc2cc(Br)ccc21. The average molecular weight is 563 g/mol. The van der Waals surface area contributed by atoms with Gasteiger partial charge in [-0.2, -0.15) is 9.30 Å². The van der Waals surface area contributed by atoms with Gasteiger partial charge in [0, 0.05) is 23.1 Å². The lowest BCUT2D eigenvalue weighted by Gasteiger charge is -2.22. The Bertz CT molecular complexity index is 1360. The molecule has 1 aromatic heterocycles. The number of amides is 1. The highest BCUT2D eigenvalue weighted by Gasteiger charge is 2.23. The van der Waals surface area contributed by atoms with Crippen molar-refractivity contribution in [3.05, 3.63) is 57.3 Å². The second-order valence-corrected chi connectivity index (χ2v) is 11.7. The van der Waals surface area contributed by atoms with Gasteiger partial charge in [0.1, 0.15) is 0 Å². The first kappa shape index (κ1) is 26.4. The first-order valence-electron chi connectivity index (χ1n) is 11.2. The maximum atomic E-state index is 13.2. The summed E-state index contributed by atoms with van der Waals surface area (Å²) >= 11 is 4.83. The Labute approximate surface area is 213 Å². The lowest BCUT2D eigenvalue weighted by molar-refractivity contribution is 0.0998. The van der Waals surface area contributed by atoms with Gasteiger partial charge in [-0.25, -0.2) is 8.42 Å². The maximum Gasteiger partial charge on any atom is 0.279 e. The average Bonchev–Trinajstić information content (AvgIpc) is 3.15. The fourth-order valence-corrected chi connectivity index (χ4v) is 6.56. The number of benzene rings is 2. The fraction of sp³-hybridized carbons (Fsp3) is 0.360. The second kappa shape index (κ2) is 11.9. The van der Waals surface area contributed by atoms with Crippen molar-refractivity contribution in [1.82, 2.24) is 8.87 Å². The lowest BCUT2D eigenvalue weighted by atomic mass is 10.2. The highest BCUT2D eigenvalue weighted by Crippen LogP contribution is 2.23. The van der Waals surface area contributed by atoms with Crippen LogP contribution in [-0.4, -0.2) is 36.3 Å². The van der Waals surface area contributed by atoms with E-state index in [1.54, 1.807) is 4.31 Å². The molecule has 3 rings (SSSR count). The second-order valence-electron chi connectivity index (χ2n) is 7.84. The van der Waals surface area contributed by atoms with Crippen LogP contribution in [-0.2, 0) is 16.6 Å². The molecule has 0 spiro atoms. The highest BCUT2D eigenvalue weighted by molar-refractivity contribution is 9.10. The molecule has 0 fully saturated rings. The van der Waals surface area contributed by atoms with Crippen molar-refractivity contribution in [1.29, 1.82) is 0 Å². The van der Waals surface area contributed by atoms with E-state index in [-0.39, 0.29) is 11.4 Å². The summed E-state index contributed by atoms with van der Waals surface area (Å²) in [5.41, 5.74) is 1.22. The topological polar surface area (TPSA) is 71.7 Å². The van der Waals surface area contributed by atoms with Crippen LogP contribution >= 0.6 is 27.3 Å². The Morgan fingerprint density at radius 3 is 2.35 bits per heavy atom. The van der Waals surface area contributed by atoms with Crippen molar-refractivity contribution in [3.63, 3.8) is 0 Å². The van der Waals surface area contributed by atoms with Gasteiger partial charge < -0.3 is 4.57 Å². The van der Waals surface area contributed by atoms with Crippen LogP contribution in [0.25, 0.3) is 10.2 Å². The van der Waals surface area contributed by atoms with E-state index in [2.05, 4.69) is 26.8 Å². The lowest BCUT2D eigenvalue weighted by Crippen LogP contribution is -2.33. The molecule has 0 saturated carbocycles. The number of hydrogen-bond donors (Lipinski definition) is 0. The molecule has 9 heteroatoms. The van der Waals surface area contributed by atoms with Crippen LogP contribution in [0.5, 0.6) is 0 Å². The number of halogens is 1. The van der Waals surface area contributed by atoms with Gasteiger partial charge in [0.15, 0.2) is 4.80 Å². The monoisotopic (exact) mass is 561 g/mol. The van der Waals surface area contributed by atoms with E-state index in [0.29, 0.717) is 23.5 Å². The maximum absolute atomic E-state index is 13.2. The minimum absolute atomic E-state index is 0.186. The van der Waals surface area contributed by atoms with Crippen molar-refractivity contribution in [3.8, 4) is 12.3 Å². The van der Waals surface area contributed by atoms with Crippen LogP contribution in [0.4, 0.5) is 0 Å². The smallest absolute Gasteiger partial charge is 0.279 e. The van der Waals surface area contributed by atoms with Gasteiger partial charge in [0.2, 0.25) is 10.0 Å². The quantitative estimate of drug-likeness (QED) is 0.310. The summed E-state index contributed by atoms with van der Waals surface area (Å²) in [6, 6.07) is 11.8. The molecule has 180 valence electrons. The van der Waals surface area contributed by atoms with Crippen molar-refractivity contribution >= 4 is 53.4 Å². The number of carbonyl (C=O) groups is 1. The number of fused-ring (bicyclic) bond motifs is 1. The number of aromatic nitrogens is 1. The van der Waals surface area contributed by atoms with Gasteiger partial charge in [-0.3, -0.25) is 4.79 Å². The molecule has 0 atom stereocenters. The number of rotatable bonds is 10. The van der Waals surface area contributed by atoms with E-state index >= 15 is 0 Å². The number of hydrogen-bond acceptors (Lipinski definition) is 4. The molecule has 0 unspecified atom stereocenters. The zero-order chi connectivity index (χ0) is 24.7. The molecule has 0 aliphatic heterocycles. The minimum atomic E-state index is -3.62. The normalized spacial score (nSPS) is 12.4. The third-order valence-electron chi connectivity index (χ3n) is 5.35. The molecule has 2 aromatic carbocycles. The van der Waals surface area contributed by atoms with Crippen molar-refractivity contribution < 1.29 is 13.2 Å². The predicted octanol–water partition coefficient (Wildman–Crippen LogP) is 5.43. The fourth-order valence-electron chi connectivity index (χ4n) is 3.47. The van der Waals surface area contributed by atoms with E-state index < -0.39 is 15.9 Å². The van der Waals surface area contributed by atoms with Crippen LogP contribution in [0.1, 0.15) is 49.9 Å². The third-order valence-corrected chi connectivity index (χ3v) is 8.80. The summed E-state index contributed by atoms with van der Waals surface area (Å²) in [5, 5.41) is 0. The summed E-state index contributed by atoms with van der Waals surface area (Å²) in [6.07, 6.45) is 8.98. The van der Waals surface area contributed by atoms with Crippen LogP contribution in [0.3, 0.4) is 0 Å². The zero-order valence-electron chi connectivity index (χ0n) is 19.3. The Morgan fingerprint density at radius 1 is 1.12 bits per heavy atom. The van der Waals surface area contributed by atoms with Crippen LogP contribution in [0, 0.1) is 12.3 Å². The molecule has 0 bridgehead atoms. The molecular formula is C25H28BrN3O3S2. The van der Waals surface area contributed by atoms with E-state index in [1.807, 2.05) is 36.6 Å². The molecule has 6 nitrogen and oxygen atoms in total. The predicted molar refractivity (Wildman–Crippen MR) is 141 cm³/mol. The number of thiazole rings is 1. The Morgan fingerprint density at radius 2 is 1.76 bits per heavy atom. The van der Waals surface area contributed by atoms with Crippen molar-refractivity contribution in [2.75, 3.05) is 13.1 Å². The molecule has 0 saturated heterocycles. The molecule has 34 heavy (non-hydrogen) atoms. The minimum Gasteiger partial charge on any atom is -0.305 e. The van der Waals surface area contributed by atoms with Gasteiger partial charge in [-0.15, -0.1) is 6.42 Å². The summed E-state index contributed by atoms with van der Waals surface area (Å²) < 4.78 is 31.6. The van der Waals surface area contributed by atoms with Gasteiger partial charge in [-0.1, -0.05) is 59.9 Å². The molecule has 1 amide bonds. The summed E-state index contributed by atoms with van der Waals surface area (Å²) in [4.78, 5) is 17.9. The van der Waals surface area contributed by atoms with Gasteiger partial charge >= 0.3 is 0 Å². The van der Waals surface area contributed by atoms with E-state index in [9.17, 15) is 13.2 Å². The van der Waals surface area contributed by atoms with Crippen LogP contribution in [0.15, 0.2) is 56.8 Å². The first-order valence-corrected chi connectivity index (χ1v) is 14.3. The van der Waals surface area contributed by atoms with Crippen LogP contribution < -0.4 is 4.80 Å². The van der Waals surface area contributed by atoms with E-state index in [4.69, 9.17) is 6.42 Å². The summed E-state index contributed by atoms with van der Waals surface area (Å²) in [5.74, 6) is 2.16. The Hall–Kier alpha value is -2.25. The molecule has 0 aliphatic rings. The summed E-state index contributed by atoms with van der Waals surface area (Å²) in [6.45, 7) is 5.35. The number of carbonyl (C=O) groups excluding carboxylic acids is 1. The Kier molecular flexibility index (Phi) is 9.25. The number of terminal acetylenes is 1. The highest BCUT2D eigenvalue weighted by atomic mass is 79.9. The Balaban J connectivity index is 1.91. The first-order chi connectivity index (χ1) is 16.3. The summed E-state index contributed by atoms with van der Waals surface area (Å²) in [7, 11) is -3.62. The number of unbranched alkanes of at least 4 members (excludes halogenated alkanes) is 2. The number of nitrogens with zero attached hydrogens (tertiary/aromatic N) is 3. The van der Waals surface area contributed by atoms with E-state index in [0.717, 1.165) is 40.4 Å². The zero-order valence-corrected chi connectivity index (χ0v) is 22.5. The third kappa shape index (κ3) is 6.05. The van der Waals surface area contributed by atoms with Gasteiger partial charge in [0.25, 0.3) is 5.91 Å². The molecule has 0 radical (unpaired) electrons. The molecule has 0 aliphatic carbocycles. The molecular weight excluding hydrogens is 534 g/mol. The van der Waals surface area contributed by atoms with Crippen LogP contribution in [0.2, 0.25) is 0 Å². The number of sulfonamides is 1. The van der Waals surface area contributed by atoms with Gasteiger partial charge in [0.05, 0.1) is 21.7 Å². The van der Waals surface area contributed by atoms with E-state index in [1.165, 1.54) is 35.6 Å². The largest absolute Gasteiger partial charge is 0.305 e.